The molecule has 0 aromatic rings. The van der Waals surface area contributed by atoms with Crippen molar-refractivity contribution in [3.05, 3.63) is 11.6 Å². The van der Waals surface area contributed by atoms with Crippen LogP contribution in [0.5, 0.6) is 0 Å². The van der Waals surface area contributed by atoms with Gasteiger partial charge in [0.15, 0.2) is 5.78 Å². The van der Waals surface area contributed by atoms with Crippen molar-refractivity contribution in [2.75, 3.05) is 0 Å². The fourth-order valence-corrected chi connectivity index (χ4v) is 2.50. The molecule has 0 saturated heterocycles. The van der Waals surface area contributed by atoms with Gasteiger partial charge < -0.3 is 0 Å². The van der Waals surface area contributed by atoms with Gasteiger partial charge in [-0.05, 0) is 37.2 Å². The van der Waals surface area contributed by atoms with E-state index in [0.717, 1.165) is 30.8 Å². The molecule has 2 aliphatic rings. The number of carbonyl (C=O) groups is 1. The van der Waals surface area contributed by atoms with Gasteiger partial charge >= 0.3 is 0 Å². The smallest absolute Gasteiger partial charge is 0.158 e. The van der Waals surface area contributed by atoms with E-state index in [9.17, 15) is 4.79 Å². The van der Waals surface area contributed by atoms with Crippen molar-refractivity contribution in [2.45, 2.75) is 51.4 Å². The minimum Gasteiger partial charge on any atom is -0.295 e. The maximum Gasteiger partial charge on any atom is 0.158 e. The summed E-state index contributed by atoms with van der Waals surface area (Å²) in [6.07, 6.45) is 12.0. The van der Waals surface area contributed by atoms with Crippen molar-refractivity contribution >= 4 is 5.78 Å². The molecule has 0 bridgehead atoms. The predicted molar refractivity (Wildman–Crippen MR) is 53.5 cm³/mol. The summed E-state index contributed by atoms with van der Waals surface area (Å²) in [6.45, 7) is 0. The van der Waals surface area contributed by atoms with Crippen LogP contribution in [-0.4, -0.2) is 5.78 Å². The molecule has 0 heterocycles. The molecular weight excluding hydrogens is 160 g/mol. The van der Waals surface area contributed by atoms with E-state index in [2.05, 4.69) is 6.08 Å². The fourth-order valence-electron chi connectivity index (χ4n) is 2.50. The zero-order valence-corrected chi connectivity index (χ0v) is 8.22. The largest absolute Gasteiger partial charge is 0.295 e. The summed E-state index contributed by atoms with van der Waals surface area (Å²) < 4.78 is 0. The second kappa shape index (κ2) is 4.08. The van der Waals surface area contributed by atoms with Crippen molar-refractivity contribution in [1.29, 1.82) is 0 Å². The Morgan fingerprint density at radius 3 is 2.38 bits per heavy atom. The molecule has 0 atom stereocenters. The minimum atomic E-state index is 0.422. The van der Waals surface area contributed by atoms with Gasteiger partial charge in [0.2, 0.25) is 0 Å². The van der Waals surface area contributed by atoms with Crippen molar-refractivity contribution in [2.24, 2.45) is 5.92 Å². The third kappa shape index (κ3) is 2.20. The molecule has 0 aliphatic heterocycles. The monoisotopic (exact) mass is 178 g/mol. The first-order valence-electron chi connectivity index (χ1n) is 5.60. The number of hydrogen-bond acceptors (Lipinski definition) is 1. The van der Waals surface area contributed by atoms with Crippen LogP contribution in [0.3, 0.4) is 0 Å². The van der Waals surface area contributed by atoms with Crippen molar-refractivity contribution < 1.29 is 4.79 Å². The Bertz CT molecular complexity index is 221. The molecule has 0 radical (unpaired) electrons. The average molecular weight is 178 g/mol. The number of hydrogen-bond donors (Lipinski definition) is 0. The van der Waals surface area contributed by atoms with Gasteiger partial charge in [0.1, 0.15) is 0 Å². The fraction of sp³-hybridized carbons (Fsp3) is 0.750. The van der Waals surface area contributed by atoms with Crippen LogP contribution in [-0.2, 0) is 4.79 Å². The molecule has 0 unspecified atom stereocenters. The SMILES string of the molecule is O=C1CCC/C1=C\C1CCCCC1. The van der Waals surface area contributed by atoms with Gasteiger partial charge in [0, 0.05) is 6.42 Å². The van der Waals surface area contributed by atoms with E-state index in [4.69, 9.17) is 0 Å². The summed E-state index contributed by atoms with van der Waals surface area (Å²) in [5.74, 6) is 1.15. The Kier molecular flexibility index (Phi) is 2.82. The maximum absolute atomic E-state index is 11.4. The summed E-state index contributed by atoms with van der Waals surface area (Å²) in [4.78, 5) is 11.4. The third-order valence-electron chi connectivity index (χ3n) is 3.29. The van der Waals surface area contributed by atoms with E-state index in [1.54, 1.807) is 0 Å². The average Bonchev–Trinajstić information content (AvgIpc) is 2.54. The lowest BCUT2D eigenvalue weighted by atomic mass is 9.87. The molecule has 1 heteroatoms. The maximum atomic E-state index is 11.4. The zero-order valence-electron chi connectivity index (χ0n) is 8.22. The Balaban J connectivity index is 1.96. The molecule has 0 aromatic heterocycles. The summed E-state index contributed by atoms with van der Waals surface area (Å²) in [6, 6.07) is 0. The lowest BCUT2D eigenvalue weighted by molar-refractivity contribution is -0.114. The molecule has 0 aromatic carbocycles. The second-order valence-electron chi connectivity index (χ2n) is 4.37. The normalized spacial score (nSPS) is 28.6. The van der Waals surface area contributed by atoms with Crippen molar-refractivity contribution in [1.82, 2.24) is 0 Å². The topological polar surface area (TPSA) is 17.1 Å². The van der Waals surface area contributed by atoms with Gasteiger partial charge in [-0.15, -0.1) is 0 Å². The van der Waals surface area contributed by atoms with Gasteiger partial charge in [-0.2, -0.15) is 0 Å². The number of allylic oxidation sites excluding steroid dienone is 2. The van der Waals surface area contributed by atoms with Crippen molar-refractivity contribution in [3.8, 4) is 0 Å². The van der Waals surface area contributed by atoms with Crippen LogP contribution in [0, 0.1) is 5.92 Å². The van der Waals surface area contributed by atoms with E-state index in [-0.39, 0.29) is 0 Å². The first kappa shape index (κ1) is 8.98. The number of carbonyl (C=O) groups excluding carboxylic acids is 1. The Hall–Kier alpha value is -0.590. The van der Waals surface area contributed by atoms with Crippen LogP contribution in [0.25, 0.3) is 0 Å². The van der Waals surface area contributed by atoms with E-state index in [0.29, 0.717) is 5.78 Å². The highest BCUT2D eigenvalue weighted by Crippen LogP contribution is 2.29. The van der Waals surface area contributed by atoms with Crippen LogP contribution in [0.4, 0.5) is 0 Å². The van der Waals surface area contributed by atoms with Gasteiger partial charge in [-0.25, -0.2) is 0 Å². The van der Waals surface area contributed by atoms with Gasteiger partial charge in [-0.1, -0.05) is 25.3 Å². The predicted octanol–water partition coefficient (Wildman–Crippen LogP) is 3.25. The molecule has 72 valence electrons. The summed E-state index contributed by atoms with van der Waals surface area (Å²) in [5.41, 5.74) is 1.15. The standard InChI is InChI=1S/C12H18O/c13-12-8-4-7-11(12)9-10-5-2-1-3-6-10/h9-10H,1-8H2/b11-9+. The lowest BCUT2D eigenvalue weighted by Gasteiger charge is -2.18. The Morgan fingerprint density at radius 1 is 1.00 bits per heavy atom. The molecule has 13 heavy (non-hydrogen) atoms. The minimum absolute atomic E-state index is 0.422. The van der Waals surface area contributed by atoms with Crippen LogP contribution >= 0.6 is 0 Å². The highest BCUT2D eigenvalue weighted by Gasteiger charge is 2.19. The van der Waals surface area contributed by atoms with E-state index in [1.807, 2.05) is 0 Å². The molecule has 0 amide bonds. The second-order valence-corrected chi connectivity index (χ2v) is 4.37. The quantitative estimate of drug-likeness (QED) is 0.563. The van der Waals surface area contributed by atoms with Crippen LogP contribution in [0.15, 0.2) is 11.6 Å². The first-order valence-corrected chi connectivity index (χ1v) is 5.60. The molecule has 0 N–H and O–H groups in total. The zero-order chi connectivity index (χ0) is 9.10. The van der Waals surface area contributed by atoms with Gasteiger partial charge in [0.25, 0.3) is 0 Å². The summed E-state index contributed by atoms with van der Waals surface area (Å²) in [5, 5.41) is 0. The van der Waals surface area contributed by atoms with Crippen molar-refractivity contribution in [3.63, 3.8) is 0 Å². The molecule has 2 rings (SSSR count). The molecule has 0 spiro atoms. The summed E-state index contributed by atoms with van der Waals surface area (Å²) in [7, 11) is 0. The molecule has 2 fully saturated rings. The van der Waals surface area contributed by atoms with E-state index < -0.39 is 0 Å². The van der Waals surface area contributed by atoms with Gasteiger partial charge in [-0.3, -0.25) is 4.79 Å². The molecule has 2 aliphatic carbocycles. The molecule has 1 nitrogen and oxygen atoms in total. The number of ketones is 1. The molecule has 2 saturated carbocycles. The highest BCUT2D eigenvalue weighted by molar-refractivity contribution is 5.97. The van der Waals surface area contributed by atoms with E-state index in [1.165, 1.54) is 32.1 Å². The Labute approximate surface area is 80.2 Å². The van der Waals surface area contributed by atoms with Crippen LogP contribution in [0.2, 0.25) is 0 Å². The van der Waals surface area contributed by atoms with Gasteiger partial charge in [0.05, 0.1) is 0 Å². The van der Waals surface area contributed by atoms with E-state index >= 15 is 0 Å². The third-order valence-corrected chi connectivity index (χ3v) is 3.29. The number of rotatable bonds is 1. The lowest BCUT2D eigenvalue weighted by Crippen LogP contribution is -2.05. The summed E-state index contributed by atoms with van der Waals surface area (Å²) >= 11 is 0. The van der Waals surface area contributed by atoms with Crippen LogP contribution in [0.1, 0.15) is 51.4 Å². The number of Topliss-reactive ketones (excluding diaryl/α,β-unsaturated/α-hetero) is 1. The van der Waals surface area contributed by atoms with Crippen LogP contribution < -0.4 is 0 Å². The molecular formula is C12H18O. The highest BCUT2D eigenvalue weighted by atomic mass is 16.1. The first-order chi connectivity index (χ1) is 6.36. The Morgan fingerprint density at radius 2 is 1.77 bits per heavy atom.